The Bertz CT molecular complexity index is 1030. The van der Waals surface area contributed by atoms with E-state index < -0.39 is 12.0 Å². The van der Waals surface area contributed by atoms with Gasteiger partial charge in [0.2, 0.25) is 5.91 Å². The molecular weight excluding hydrogens is 422 g/mol. The molecule has 1 aromatic carbocycles. The molecule has 156 valence electrons. The van der Waals surface area contributed by atoms with Crippen molar-refractivity contribution in [3.63, 3.8) is 0 Å². The lowest BCUT2D eigenvalue weighted by molar-refractivity contribution is -0.151. The number of thiazole rings is 1. The molecule has 9 heteroatoms. The number of carbonyl (C=O) groups excluding carboxylic acids is 2. The first-order valence-electron chi connectivity index (χ1n) is 9.31. The van der Waals surface area contributed by atoms with E-state index >= 15 is 0 Å². The van der Waals surface area contributed by atoms with Gasteiger partial charge in [-0.15, -0.1) is 23.1 Å². The maximum Gasteiger partial charge on any atom is 0.355 e. The minimum atomic E-state index is -0.589. The number of carbonyl (C=O) groups is 2. The van der Waals surface area contributed by atoms with E-state index in [2.05, 4.69) is 4.98 Å². The molecule has 7 nitrogen and oxygen atoms in total. The van der Waals surface area contributed by atoms with Gasteiger partial charge in [0.1, 0.15) is 29.5 Å². The molecule has 30 heavy (non-hydrogen) atoms. The topological polar surface area (TPSA) is 94.7 Å². The molecule has 0 radical (unpaired) electrons. The quantitative estimate of drug-likeness (QED) is 0.542. The Kier molecular flexibility index (Phi) is 5.94. The molecule has 1 saturated heterocycles. The fourth-order valence-electron chi connectivity index (χ4n) is 3.24. The summed E-state index contributed by atoms with van der Waals surface area (Å²) in [6, 6.07) is 6.68. The summed E-state index contributed by atoms with van der Waals surface area (Å²) >= 11 is 3.07. The van der Waals surface area contributed by atoms with E-state index in [-0.39, 0.29) is 23.6 Å². The highest BCUT2D eigenvalue weighted by molar-refractivity contribution is 8.00. The van der Waals surface area contributed by atoms with Crippen LogP contribution in [0, 0.1) is 6.92 Å². The summed E-state index contributed by atoms with van der Waals surface area (Å²) in [6.45, 7) is 2.03. The zero-order valence-electron chi connectivity index (χ0n) is 16.5. The predicted octanol–water partition coefficient (Wildman–Crippen LogP) is 2.71. The van der Waals surface area contributed by atoms with E-state index in [0.29, 0.717) is 5.75 Å². The van der Waals surface area contributed by atoms with E-state index in [1.54, 1.807) is 36.5 Å². The number of hydrogen-bond donors (Lipinski definition) is 1. The second kappa shape index (κ2) is 8.63. The number of nitrogens with zero attached hydrogens (tertiary/aromatic N) is 2. The Hall–Kier alpha value is -2.62. The third-order valence-corrected chi connectivity index (χ3v) is 7.20. The van der Waals surface area contributed by atoms with Crippen LogP contribution in [-0.2, 0) is 20.9 Å². The molecule has 4 rings (SSSR count). The second-order valence-electron chi connectivity index (χ2n) is 6.87. The summed E-state index contributed by atoms with van der Waals surface area (Å²) in [6.07, 6.45) is 3.79. The van der Waals surface area contributed by atoms with E-state index in [1.807, 2.05) is 31.2 Å². The van der Waals surface area contributed by atoms with Crippen molar-refractivity contribution >= 4 is 41.1 Å². The number of aromatic nitrogens is 1. The number of amides is 1. The van der Waals surface area contributed by atoms with Crippen molar-refractivity contribution in [3.8, 4) is 5.75 Å². The van der Waals surface area contributed by atoms with Crippen molar-refractivity contribution < 1.29 is 19.1 Å². The number of ether oxygens (including phenoxy) is 2. The van der Waals surface area contributed by atoms with E-state index in [9.17, 15) is 9.59 Å². The van der Waals surface area contributed by atoms with Crippen molar-refractivity contribution in [2.75, 3.05) is 12.9 Å². The van der Waals surface area contributed by atoms with Gasteiger partial charge in [-0.25, -0.2) is 9.78 Å². The Labute approximate surface area is 182 Å². The first-order valence-corrected chi connectivity index (χ1v) is 11.2. The summed E-state index contributed by atoms with van der Waals surface area (Å²) in [5.74, 6) is 0.509. The van der Waals surface area contributed by atoms with Crippen molar-refractivity contribution in [3.05, 3.63) is 63.3 Å². The van der Waals surface area contributed by atoms with Gasteiger partial charge in [0, 0.05) is 10.6 Å². The molecule has 3 heterocycles. The lowest BCUT2D eigenvalue weighted by Crippen LogP contribution is -2.68. The minimum Gasteiger partial charge on any atom is -0.497 e. The van der Waals surface area contributed by atoms with Crippen molar-refractivity contribution in [1.82, 2.24) is 9.88 Å². The number of esters is 1. The van der Waals surface area contributed by atoms with Gasteiger partial charge in [-0.2, -0.15) is 0 Å². The molecule has 2 N–H and O–H groups in total. The van der Waals surface area contributed by atoms with Crippen LogP contribution < -0.4 is 10.5 Å². The lowest BCUT2D eigenvalue weighted by Gasteiger charge is -2.48. The fourth-order valence-corrected chi connectivity index (χ4v) is 5.20. The van der Waals surface area contributed by atoms with Crippen molar-refractivity contribution in [2.45, 2.75) is 24.9 Å². The zero-order chi connectivity index (χ0) is 21.3. The molecule has 0 spiro atoms. The molecule has 1 unspecified atom stereocenters. The van der Waals surface area contributed by atoms with Gasteiger partial charge in [-0.1, -0.05) is 18.2 Å². The molecule has 1 fully saturated rings. The summed E-state index contributed by atoms with van der Waals surface area (Å²) < 4.78 is 10.7. The molecule has 0 aliphatic carbocycles. The average molecular weight is 444 g/mol. The highest BCUT2D eigenvalue weighted by Crippen LogP contribution is 2.40. The highest BCUT2D eigenvalue weighted by Gasteiger charge is 2.51. The first kappa shape index (κ1) is 20.6. The normalized spacial score (nSPS) is 20.9. The van der Waals surface area contributed by atoms with Gasteiger partial charge in [0.05, 0.1) is 18.3 Å². The van der Waals surface area contributed by atoms with Crippen LogP contribution in [0.3, 0.4) is 0 Å². The Morgan fingerprint density at radius 3 is 2.77 bits per heavy atom. The summed E-state index contributed by atoms with van der Waals surface area (Å²) in [7, 11) is 1.59. The molecular formula is C21H21N3O4S2. The summed E-state index contributed by atoms with van der Waals surface area (Å²) in [5, 5.41) is -0.233. The smallest absolute Gasteiger partial charge is 0.355 e. The molecule has 2 aliphatic heterocycles. The Balaban J connectivity index is 1.57. The fraction of sp³-hybridized carbons (Fsp3) is 0.286. The number of β-lactam (4-membered cyclic amide) rings is 1. The SMILES string of the molecule is COc1ccc(COC(=O)C2=C(C=Cc3scnc3C)CS[C@@H]3C(N)C(=O)N23)cc1. The van der Waals surface area contributed by atoms with Gasteiger partial charge in [0.25, 0.3) is 0 Å². The van der Waals surface area contributed by atoms with Gasteiger partial charge >= 0.3 is 5.97 Å². The monoisotopic (exact) mass is 443 g/mol. The van der Waals surface area contributed by atoms with Crippen LogP contribution in [0.25, 0.3) is 6.08 Å². The number of hydrogen-bond acceptors (Lipinski definition) is 8. The molecule has 0 bridgehead atoms. The van der Waals surface area contributed by atoms with E-state index in [0.717, 1.165) is 27.5 Å². The van der Waals surface area contributed by atoms with Crippen LogP contribution in [0.15, 0.2) is 47.1 Å². The number of aryl methyl sites for hydroxylation is 1. The van der Waals surface area contributed by atoms with Gasteiger partial charge in [-0.3, -0.25) is 9.69 Å². The maximum absolute atomic E-state index is 13.0. The summed E-state index contributed by atoms with van der Waals surface area (Å²) in [5.41, 5.74) is 10.5. The number of rotatable bonds is 6. The second-order valence-corrected chi connectivity index (χ2v) is 8.86. The highest BCUT2D eigenvalue weighted by atomic mass is 32.2. The first-order chi connectivity index (χ1) is 14.5. The van der Waals surface area contributed by atoms with Crippen LogP contribution in [0.2, 0.25) is 0 Å². The third kappa shape index (κ3) is 3.88. The molecule has 1 aromatic heterocycles. The molecule has 0 saturated carbocycles. The Morgan fingerprint density at radius 1 is 1.33 bits per heavy atom. The van der Waals surface area contributed by atoms with Crippen LogP contribution in [-0.4, -0.2) is 46.0 Å². The maximum atomic E-state index is 13.0. The minimum absolute atomic E-state index is 0.100. The third-order valence-electron chi connectivity index (χ3n) is 4.98. The van der Waals surface area contributed by atoms with Crippen LogP contribution in [0.4, 0.5) is 0 Å². The summed E-state index contributed by atoms with van der Waals surface area (Å²) in [4.78, 5) is 32.1. The largest absolute Gasteiger partial charge is 0.497 e. The Morgan fingerprint density at radius 2 is 2.10 bits per heavy atom. The molecule has 1 amide bonds. The molecule has 2 atom stereocenters. The number of thioether (sulfide) groups is 1. The van der Waals surface area contributed by atoms with Gasteiger partial charge < -0.3 is 15.2 Å². The lowest BCUT2D eigenvalue weighted by atomic mass is 10.0. The van der Waals surface area contributed by atoms with E-state index in [4.69, 9.17) is 15.2 Å². The van der Waals surface area contributed by atoms with E-state index in [1.165, 1.54) is 16.2 Å². The zero-order valence-corrected chi connectivity index (χ0v) is 18.2. The number of methoxy groups -OCH3 is 1. The molecule has 2 aliphatic rings. The molecule has 2 aromatic rings. The number of fused-ring (bicyclic) bond motifs is 1. The van der Waals surface area contributed by atoms with Crippen molar-refractivity contribution in [2.24, 2.45) is 5.73 Å². The van der Waals surface area contributed by atoms with Crippen LogP contribution >= 0.6 is 23.1 Å². The standard InChI is InChI=1S/C21H21N3O4S2/c1-12-16(30-11-23-12)8-5-14-10-29-20-17(22)19(25)24(20)18(14)21(26)28-9-13-3-6-15(27-2)7-4-13/h3-8,11,17,20H,9-10,22H2,1-2H3/t17?,20-/m1/s1. The number of benzene rings is 1. The number of allylic oxidation sites excluding steroid dienone is 1. The van der Waals surface area contributed by atoms with Crippen molar-refractivity contribution in [1.29, 1.82) is 0 Å². The van der Waals surface area contributed by atoms with Gasteiger partial charge in [0.15, 0.2) is 0 Å². The predicted molar refractivity (Wildman–Crippen MR) is 117 cm³/mol. The van der Waals surface area contributed by atoms with Gasteiger partial charge in [-0.05, 0) is 36.3 Å². The number of nitrogens with two attached hydrogens (primary N) is 1. The van der Waals surface area contributed by atoms with Crippen LogP contribution in [0.1, 0.15) is 16.1 Å². The van der Waals surface area contributed by atoms with Crippen LogP contribution in [0.5, 0.6) is 5.75 Å². The average Bonchev–Trinajstić information content (AvgIpc) is 3.19.